The second kappa shape index (κ2) is 5.97. The number of nitrogens with one attached hydrogen (secondary N) is 1. The third-order valence-corrected chi connectivity index (χ3v) is 4.92. The van der Waals surface area contributed by atoms with Crippen LogP contribution in [0.1, 0.15) is 10.4 Å². The summed E-state index contributed by atoms with van der Waals surface area (Å²) < 4.78 is 33.2. The van der Waals surface area contributed by atoms with Gasteiger partial charge in [-0.1, -0.05) is 24.3 Å². The molecular weight excluding hydrogens is 330 g/mol. The first-order valence-electron chi connectivity index (χ1n) is 7.06. The Labute approximate surface area is 139 Å². The van der Waals surface area contributed by atoms with Crippen LogP contribution in [0, 0.1) is 0 Å². The SMILES string of the molecule is COC(=O)c1ccccc1NC1=NS(=O)(=O)c2ccccc2N1C. The third-order valence-electron chi connectivity index (χ3n) is 3.61. The van der Waals surface area contributed by atoms with Crippen LogP contribution in [0.2, 0.25) is 0 Å². The predicted molar refractivity (Wildman–Crippen MR) is 90.9 cm³/mol. The molecule has 1 N–H and O–H groups in total. The molecule has 0 aliphatic carbocycles. The summed E-state index contributed by atoms with van der Waals surface area (Å²) in [5, 5.41) is 2.91. The third kappa shape index (κ3) is 2.71. The van der Waals surface area contributed by atoms with Crippen LogP contribution in [0.25, 0.3) is 0 Å². The van der Waals surface area contributed by atoms with E-state index in [4.69, 9.17) is 4.74 Å². The maximum absolute atomic E-state index is 12.3. The van der Waals surface area contributed by atoms with Crippen molar-refractivity contribution in [3.8, 4) is 0 Å². The van der Waals surface area contributed by atoms with Crippen LogP contribution >= 0.6 is 0 Å². The lowest BCUT2D eigenvalue weighted by molar-refractivity contribution is 0.0602. The minimum absolute atomic E-state index is 0.102. The van der Waals surface area contributed by atoms with Crippen molar-refractivity contribution < 1.29 is 17.9 Å². The van der Waals surface area contributed by atoms with E-state index in [1.807, 2.05) is 0 Å². The number of carbonyl (C=O) groups excluding carboxylic acids is 1. The Morgan fingerprint density at radius 3 is 2.54 bits per heavy atom. The molecule has 0 fully saturated rings. The highest BCUT2D eigenvalue weighted by Gasteiger charge is 2.29. The summed E-state index contributed by atoms with van der Waals surface area (Å²) >= 11 is 0. The van der Waals surface area contributed by atoms with E-state index in [2.05, 4.69) is 9.71 Å². The molecule has 0 bridgehead atoms. The Morgan fingerprint density at radius 1 is 1.12 bits per heavy atom. The van der Waals surface area contributed by atoms with Gasteiger partial charge in [-0.3, -0.25) is 0 Å². The average molecular weight is 345 g/mol. The molecule has 1 aliphatic heterocycles. The van der Waals surface area contributed by atoms with Gasteiger partial charge in [-0.15, -0.1) is 4.40 Å². The normalized spacial score (nSPS) is 15.2. The van der Waals surface area contributed by atoms with Gasteiger partial charge in [0, 0.05) is 7.05 Å². The molecule has 0 radical (unpaired) electrons. The number of sulfonamides is 1. The number of methoxy groups -OCH3 is 1. The largest absolute Gasteiger partial charge is 0.465 e. The van der Waals surface area contributed by atoms with Crippen LogP contribution in [0.3, 0.4) is 0 Å². The van der Waals surface area contributed by atoms with Crippen molar-refractivity contribution >= 4 is 33.3 Å². The number of benzene rings is 2. The van der Waals surface area contributed by atoms with E-state index >= 15 is 0 Å². The molecule has 8 heteroatoms. The lowest BCUT2D eigenvalue weighted by Gasteiger charge is -2.27. The van der Waals surface area contributed by atoms with Crippen LogP contribution < -0.4 is 10.2 Å². The van der Waals surface area contributed by atoms with Gasteiger partial charge in [-0.2, -0.15) is 8.42 Å². The maximum atomic E-state index is 12.3. The number of hydrogen-bond donors (Lipinski definition) is 1. The summed E-state index contributed by atoms with van der Waals surface area (Å²) in [5.74, 6) is -0.425. The van der Waals surface area contributed by atoms with E-state index in [0.717, 1.165) is 0 Å². The summed E-state index contributed by atoms with van der Waals surface area (Å²) in [4.78, 5) is 13.6. The van der Waals surface area contributed by atoms with Gasteiger partial charge in [0.05, 0.1) is 24.0 Å². The minimum atomic E-state index is -3.82. The summed E-state index contributed by atoms with van der Waals surface area (Å²) in [7, 11) is -0.839. The number of nitrogens with zero attached hydrogens (tertiary/aromatic N) is 2. The summed E-state index contributed by atoms with van der Waals surface area (Å²) in [5.41, 5.74) is 1.20. The molecule has 2 aromatic carbocycles. The predicted octanol–water partition coefficient (Wildman–Crippen LogP) is 2.08. The van der Waals surface area contributed by atoms with Crippen LogP contribution in [-0.2, 0) is 14.8 Å². The molecule has 24 heavy (non-hydrogen) atoms. The number of ether oxygens (including phenoxy) is 1. The Hall–Kier alpha value is -2.87. The first-order valence-corrected chi connectivity index (χ1v) is 8.50. The maximum Gasteiger partial charge on any atom is 0.339 e. The molecule has 3 rings (SSSR count). The molecule has 0 spiro atoms. The fourth-order valence-electron chi connectivity index (χ4n) is 2.40. The highest BCUT2D eigenvalue weighted by atomic mass is 32.2. The Kier molecular flexibility index (Phi) is 3.98. The fourth-order valence-corrected chi connectivity index (χ4v) is 3.61. The van der Waals surface area contributed by atoms with Gasteiger partial charge in [0.15, 0.2) is 0 Å². The van der Waals surface area contributed by atoms with Gasteiger partial charge < -0.3 is 15.0 Å². The van der Waals surface area contributed by atoms with Crippen LogP contribution in [-0.4, -0.2) is 34.5 Å². The van der Waals surface area contributed by atoms with Gasteiger partial charge in [0.2, 0.25) is 5.96 Å². The van der Waals surface area contributed by atoms with E-state index in [0.29, 0.717) is 11.4 Å². The number of guanidine groups is 1. The molecule has 0 saturated carbocycles. The van der Waals surface area contributed by atoms with E-state index in [-0.39, 0.29) is 16.4 Å². The zero-order valence-electron chi connectivity index (χ0n) is 13.1. The Bertz CT molecular complexity index is 938. The number of anilines is 2. The Morgan fingerprint density at radius 2 is 1.79 bits per heavy atom. The van der Waals surface area contributed by atoms with Crippen LogP contribution in [0.5, 0.6) is 0 Å². The molecule has 2 aromatic rings. The molecule has 1 aliphatic rings. The molecule has 0 saturated heterocycles. The summed E-state index contributed by atoms with van der Waals surface area (Å²) in [6, 6.07) is 13.2. The monoisotopic (exact) mass is 345 g/mol. The first kappa shape index (κ1) is 16.0. The zero-order valence-corrected chi connectivity index (χ0v) is 13.9. The quantitative estimate of drug-likeness (QED) is 0.839. The van der Waals surface area contributed by atoms with E-state index in [1.165, 1.54) is 13.2 Å². The van der Waals surface area contributed by atoms with E-state index in [9.17, 15) is 13.2 Å². The summed E-state index contributed by atoms with van der Waals surface area (Å²) in [6.45, 7) is 0. The zero-order chi connectivity index (χ0) is 17.3. The number of para-hydroxylation sites is 2. The Balaban J connectivity index is 2.04. The number of fused-ring (bicyclic) bond motifs is 1. The van der Waals surface area contributed by atoms with Crippen molar-refractivity contribution in [2.24, 2.45) is 4.40 Å². The van der Waals surface area contributed by atoms with Gasteiger partial charge in [0.1, 0.15) is 4.90 Å². The number of rotatable bonds is 2. The average Bonchev–Trinajstić information content (AvgIpc) is 2.59. The lowest BCUT2D eigenvalue weighted by atomic mass is 10.2. The molecular formula is C16H15N3O4S. The molecule has 1 heterocycles. The van der Waals surface area contributed by atoms with Crippen molar-refractivity contribution in [3.05, 3.63) is 54.1 Å². The minimum Gasteiger partial charge on any atom is -0.465 e. The second-order valence-corrected chi connectivity index (χ2v) is 6.65. The van der Waals surface area contributed by atoms with Crippen molar-refractivity contribution in [1.29, 1.82) is 0 Å². The smallest absolute Gasteiger partial charge is 0.339 e. The van der Waals surface area contributed by atoms with Gasteiger partial charge in [0.25, 0.3) is 10.0 Å². The molecule has 0 aromatic heterocycles. The van der Waals surface area contributed by atoms with E-state index < -0.39 is 16.0 Å². The van der Waals surface area contributed by atoms with Crippen molar-refractivity contribution in [2.45, 2.75) is 4.90 Å². The number of carbonyl (C=O) groups is 1. The van der Waals surface area contributed by atoms with E-state index in [1.54, 1.807) is 54.4 Å². The first-order chi connectivity index (χ1) is 11.4. The standard InChI is InChI=1S/C16H15N3O4S/c1-19-13-9-5-6-10-14(13)24(21,22)18-16(19)17-12-8-4-3-7-11(12)15(20)23-2/h3-10H,1-2H3,(H,17,18). The van der Waals surface area contributed by atoms with Gasteiger partial charge in [-0.05, 0) is 24.3 Å². The number of hydrogen-bond acceptors (Lipinski definition) is 6. The molecule has 124 valence electrons. The molecule has 0 unspecified atom stereocenters. The van der Waals surface area contributed by atoms with Crippen molar-refractivity contribution in [3.63, 3.8) is 0 Å². The fraction of sp³-hybridized carbons (Fsp3) is 0.125. The van der Waals surface area contributed by atoms with Crippen molar-refractivity contribution in [2.75, 3.05) is 24.4 Å². The van der Waals surface area contributed by atoms with Gasteiger partial charge >= 0.3 is 5.97 Å². The number of esters is 1. The highest BCUT2D eigenvalue weighted by molar-refractivity contribution is 7.90. The summed E-state index contributed by atoms with van der Waals surface area (Å²) in [6.07, 6.45) is 0. The van der Waals surface area contributed by atoms with Gasteiger partial charge in [-0.25, -0.2) is 4.79 Å². The topological polar surface area (TPSA) is 88.1 Å². The molecule has 0 atom stereocenters. The van der Waals surface area contributed by atoms with Crippen LogP contribution in [0.15, 0.2) is 57.8 Å². The highest BCUT2D eigenvalue weighted by Crippen LogP contribution is 2.30. The lowest BCUT2D eigenvalue weighted by Crippen LogP contribution is -2.37. The van der Waals surface area contributed by atoms with Crippen LogP contribution in [0.4, 0.5) is 11.4 Å². The van der Waals surface area contributed by atoms with Crippen molar-refractivity contribution in [1.82, 2.24) is 0 Å². The second-order valence-electron chi connectivity index (χ2n) is 5.08. The molecule has 0 amide bonds. The molecule has 7 nitrogen and oxygen atoms in total.